The van der Waals surface area contributed by atoms with Gasteiger partial charge in [-0.15, -0.1) is 0 Å². The molecule has 0 radical (unpaired) electrons. The molecule has 0 bridgehead atoms. The van der Waals surface area contributed by atoms with Crippen LogP contribution in [0.2, 0.25) is 0 Å². The molecule has 0 spiro atoms. The molecule has 3 rings (SSSR count). The van der Waals surface area contributed by atoms with Gasteiger partial charge in [0.25, 0.3) is 5.56 Å². The van der Waals surface area contributed by atoms with Crippen molar-refractivity contribution in [1.82, 2.24) is 14.6 Å². The Bertz CT molecular complexity index is 742. The Balaban J connectivity index is 2.28. The van der Waals surface area contributed by atoms with Gasteiger partial charge in [0.2, 0.25) is 0 Å². The normalized spacial score (nSPS) is 14.3. The molecule has 0 saturated heterocycles. The van der Waals surface area contributed by atoms with E-state index in [1.807, 2.05) is 0 Å². The van der Waals surface area contributed by atoms with E-state index in [4.69, 9.17) is 4.74 Å². The Morgan fingerprint density at radius 2 is 2.15 bits per heavy atom. The SMILES string of the molecule is CCOC(=O)c1c(C)[nH]n2c(=O)c3c(nc12)CCCC3. The van der Waals surface area contributed by atoms with Crippen molar-refractivity contribution in [2.75, 3.05) is 6.61 Å². The van der Waals surface area contributed by atoms with Crippen molar-refractivity contribution in [1.29, 1.82) is 0 Å². The van der Waals surface area contributed by atoms with Crippen LogP contribution in [0.3, 0.4) is 0 Å². The molecule has 1 aliphatic carbocycles. The van der Waals surface area contributed by atoms with Gasteiger partial charge in [-0.25, -0.2) is 14.3 Å². The Morgan fingerprint density at radius 1 is 1.40 bits per heavy atom. The van der Waals surface area contributed by atoms with Crippen LogP contribution in [0.15, 0.2) is 4.79 Å². The van der Waals surface area contributed by atoms with Gasteiger partial charge in [-0.05, 0) is 39.5 Å². The summed E-state index contributed by atoms with van der Waals surface area (Å²) in [7, 11) is 0. The molecule has 0 aliphatic heterocycles. The van der Waals surface area contributed by atoms with E-state index in [0.717, 1.165) is 36.9 Å². The second-order valence-corrected chi connectivity index (χ2v) is 5.04. The molecule has 2 aromatic rings. The minimum Gasteiger partial charge on any atom is -0.462 e. The number of esters is 1. The van der Waals surface area contributed by atoms with Crippen LogP contribution in [0.1, 0.15) is 47.1 Å². The Hall–Kier alpha value is -2.11. The maximum Gasteiger partial charge on any atom is 0.343 e. The average Bonchev–Trinajstić information content (AvgIpc) is 2.76. The van der Waals surface area contributed by atoms with E-state index >= 15 is 0 Å². The largest absolute Gasteiger partial charge is 0.462 e. The highest BCUT2D eigenvalue weighted by molar-refractivity contribution is 5.97. The van der Waals surface area contributed by atoms with E-state index in [1.165, 1.54) is 4.52 Å². The first kappa shape index (κ1) is 12.9. The molecule has 6 nitrogen and oxygen atoms in total. The summed E-state index contributed by atoms with van der Waals surface area (Å²) in [6.07, 6.45) is 3.61. The van der Waals surface area contributed by atoms with Gasteiger partial charge in [0.1, 0.15) is 5.56 Å². The highest BCUT2D eigenvalue weighted by atomic mass is 16.5. The van der Waals surface area contributed by atoms with Gasteiger partial charge in [0.15, 0.2) is 5.65 Å². The van der Waals surface area contributed by atoms with Gasteiger partial charge in [0.05, 0.1) is 12.3 Å². The summed E-state index contributed by atoms with van der Waals surface area (Å²) in [6.45, 7) is 3.80. The highest BCUT2D eigenvalue weighted by Gasteiger charge is 2.23. The fraction of sp³-hybridized carbons (Fsp3) is 0.500. The molecule has 20 heavy (non-hydrogen) atoms. The van der Waals surface area contributed by atoms with Crippen molar-refractivity contribution >= 4 is 11.6 Å². The molecule has 0 saturated carbocycles. The fourth-order valence-electron chi connectivity index (χ4n) is 2.76. The summed E-state index contributed by atoms with van der Waals surface area (Å²) in [5.74, 6) is -0.439. The number of hydrogen-bond donors (Lipinski definition) is 1. The van der Waals surface area contributed by atoms with Crippen LogP contribution in [0.25, 0.3) is 5.65 Å². The summed E-state index contributed by atoms with van der Waals surface area (Å²) >= 11 is 0. The van der Waals surface area contributed by atoms with Gasteiger partial charge in [0, 0.05) is 11.3 Å². The lowest BCUT2D eigenvalue weighted by Gasteiger charge is -2.13. The predicted octanol–water partition coefficient (Wildman–Crippen LogP) is 1.39. The summed E-state index contributed by atoms with van der Waals surface area (Å²) in [4.78, 5) is 29.0. The molecule has 0 aromatic carbocycles. The summed E-state index contributed by atoms with van der Waals surface area (Å²) in [6, 6.07) is 0. The fourth-order valence-corrected chi connectivity index (χ4v) is 2.76. The predicted molar refractivity (Wildman–Crippen MR) is 73.1 cm³/mol. The van der Waals surface area contributed by atoms with Crippen LogP contribution < -0.4 is 5.56 Å². The number of aromatic nitrogens is 3. The van der Waals surface area contributed by atoms with Gasteiger partial charge in [-0.3, -0.25) is 9.89 Å². The molecule has 2 heterocycles. The second kappa shape index (κ2) is 4.77. The van der Waals surface area contributed by atoms with E-state index in [1.54, 1.807) is 13.8 Å². The van der Waals surface area contributed by atoms with Gasteiger partial charge in [-0.1, -0.05) is 0 Å². The number of rotatable bonds is 2. The molecule has 1 N–H and O–H groups in total. The molecular formula is C14H17N3O3. The zero-order chi connectivity index (χ0) is 14.3. The van der Waals surface area contributed by atoms with Gasteiger partial charge >= 0.3 is 5.97 Å². The van der Waals surface area contributed by atoms with Crippen LogP contribution in [0, 0.1) is 6.92 Å². The number of fused-ring (bicyclic) bond motifs is 2. The van der Waals surface area contributed by atoms with Crippen molar-refractivity contribution in [3.05, 3.63) is 32.9 Å². The molecule has 0 atom stereocenters. The molecule has 106 valence electrons. The van der Waals surface area contributed by atoms with Crippen molar-refractivity contribution in [2.45, 2.75) is 39.5 Å². The molecule has 0 unspecified atom stereocenters. The first-order valence-corrected chi connectivity index (χ1v) is 6.93. The standard InChI is InChI=1S/C14H17N3O3/c1-3-20-14(19)11-8(2)16-17-12(11)15-10-7-5-4-6-9(10)13(17)18/h16H,3-7H2,1-2H3. The Kier molecular flexibility index (Phi) is 3.08. The number of ether oxygens (including phenoxy) is 1. The zero-order valence-electron chi connectivity index (χ0n) is 11.7. The summed E-state index contributed by atoms with van der Waals surface area (Å²) in [5.41, 5.74) is 2.85. The highest BCUT2D eigenvalue weighted by Crippen LogP contribution is 2.20. The Labute approximate surface area is 115 Å². The maximum atomic E-state index is 12.5. The third-order valence-corrected chi connectivity index (χ3v) is 3.71. The van der Waals surface area contributed by atoms with Crippen LogP contribution >= 0.6 is 0 Å². The number of aromatic amines is 1. The van der Waals surface area contributed by atoms with Crippen molar-refractivity contribution in [2.24, 2.45) is 0 Å². The van der Waals surface area contributed by atoms with Crippen molar-refractivity contribution < 1.29 is 9.53 Å². The van der Waals surface area contributed by atoms with Crippen molar-refractivity contribution in [3.8, 4) is 0 Å². The van der Waals surface area contributed by atoms with E-state index in [9.17, 15) is 9.59 Å². The molecular weight excluding hydrogens is 258 g/mol. The first-order chi connectivity index (χ1) is 9.63. The van der Waals surface area contributed by atoms with Crippen LogP contribution in [-0.4, -0.2) is 27.2 Å². The molecule has 0 fully saturated rings. The molecule has 6 heteroatoms. The molecule has 0 amide bonds. The van der Waals surface area contributed by atoms with E-state index in [-0.39, 0.29) is 5.56 Å². The number of hydrogen-bond acceptors (Lipinski definition) is 4. The number of H-pyrrole nitrogens is 1. The third kappa shape index (κ3) is 1.83. The number of carbonyl (C=O) groups is 1. The summed E-state index contributed by atoms with van der Waals surface area (Å²) in [5, 5.41) is 2.93. The lowest BCUT2D eigenvalue weighted by Crippen LogP contribution is -2.25. The van der Waals surface area contributed by atoms with E-state index < -0.39 is 5.97 Å². The third-order valence-electron chi connectivity index (χ3n) is 3.71. The number of nitrogens with zero attached hydrogens (tertiary/aromatic N) is 2. The number of aryl methyl sites for hydroxylation is 2. The maximum absolute atomic E-state index is 12.5. The zero-order valence-corrected chi connectivity index (χ0v) is 11.7. The van der Waals surface area contributed by atoms with Gasteiger partial charge in [-0.2, -0.15) is 0 Å². The first-order valence-electron chi connectivity index (χ1n) is 6.93. The summed E-state index contributed by atoms with van der Waals surface area (Å²) < 4.78 is 6.41. The number of carbonyl (C=O) groups excluding carboxylic acids is 1. The monoisotopic (exact) mass is 275 g/mol. The second-order valence-electron chi connectivity index (χ2n) is 5.04. The topological polar surface area (TPSA) is 76.5 Å². The van der Waals surface area contributed by atoms with Crippen LogP contribution in [-0.2, 0) is 17.6 Å². The van der Waals surface area contributed by atoms with Gasteiger partial charge < -0.3 is 4.74 Å². The van der Waals surface area contributed by atoms with E-state index in [2.05, 4.69) is 10.1 Å². The van der Waals surface area contributed by atoms with Crippen molar-refractivity contribution in [3.63, 3.8) is 0 Å². The molecule has 2 aromatic heterocycles. The minimum atomic E-state index is -0.439. The molecule has 1 aliphatic rings. The van der Waals surface area contributed by atoms with Crippen LogP contribution in [0.5, 0.6) is 0 Å². The smallest absolute Gasteiger partial charge is 0.343 e. The quantitative estimate of drug-likeness (QED) is 0.840. The van der Waals surface area contributed by atoms with E-state index in [0.29, 0.717) is 23.5 Å². The lowest BCUT2D eigenvalue weighted by molar-refractivity contribution is 0.0527. The van der Waals surface area contributed by atoms with Crippen LogP contribution in [0.4, 0.5) is 0 Å². The number of nitrogens with one attached hydrogen (secondary N) is 1. The Morgan fingerprint density at radius 3 is 2.90 bits per heavy atom. The lowest BCUT2D eigenvalue weighted by atomic mass is 9.97. The average molecular weight is 275 g/mol. The minimum absolute atomic E-state index is 0.0941.